The number of amides is 1. The average Bonchev–Trinajstić information content (AvgIpc) is 3.06. The van der Waals surface area contributed by atoms with Gasteiger partial charge in [-0.15, -0.1) is 11.3 Å². The van der Waals surface area contributed by atoms with E-state index < -0.39 is 5.25 Å². The van der Waals surface area contributed by atoms with Gasteiger partial charge in [-0.2, -0.15) is 5.26 Å². The molecule has 1 amide bonds. The topological polar surface area (TPSA) is 105 Å². The van der Waals surface area contributed by atoms with Crippen LogP contribution in [-0.2, 0) is 17.6 Å². The first-order chi connectivity index (χ1) is 13.5. The van der Waals surface area contributed by atoms with E-state index in [9.17, 15) is 4.79 Å². The highest BCUT2D eigenvalue weighted by Gasteiger charge is 2.22. The Bertz CT molecular complexity index is 1100. The van der Waals surface area contributed by atoms with Gasteiger partial charge in [0.15, 0.2) is 5.16 Å². The Morgan fingerprint density at radius 1 is 1.36 bits per heavy atom. The Morgan fingerprint density at radius 2 is 2.18 bits per heavy atom. The number of nitrogens with zero attached hydrogens (tertiary/aromatic N) is 3. The molecule has 1 aliphatic rings. The predicted octanol–water partition coefficient (Wildman–Crippen LogP) is 4.14. The maximum absolute atomic E-state index is 12.5. The van der Waals surface area contributed by atoms with Crippen molar-refractivity contribution in [3.63, 3.8) is 0 Å². The first kappa shape index (κ1) is 18.7. The SMILES string of the molecule is CC(Sc1nc(N)c2c3c(sc2n1)CCCC3)C(=O)Nc1cccc(C#N)c1. The number of nitriles is 1. The standard InChI is InChI=1S/C20H19N5OS2/c1-11(18(26)23-13-6-4-5-12(9-13)10-21)27-20-24-17(22)16-14-7-2-3-8-15(14)28-19(16)25-20/h4-6,9,11H,2-3,7-8H2,1H3,(H,23,26)(H2,22,24,25). The fourth-order valence-electron chi connectivity index (χ4n) is 3.34. The maximum atomic E-state index is 12.5. The molecule has 3 aromatic rings. The number of rotatable bonds is 4. The number of nitrogens with two attached hydrogens (primary N) is 1. The quantitative estimate of drug-likeness (QED) is 0.496. The summed E-state index contributed by atoms with van der Waals surface area (Å²) in [6, 6.07) is 8.90. The van der Waals surface area contributed by atoms with Gasteiger partial charge in [0.25, 0.3) is 0 Å². The number of fused-ring (bicyclic) bond motifs is 3. The van der Waals surface area contributed by atoms with Crippen LogP contribution in [0.3, 0.4) is 0 Å². The fourth-order valence-corrected chi connectivity index (χ4v) is 5.44. The van der Waals surface area contributed by atoms with Crippen LogP contribution in [0.1, 0.15) is 35.8 Å². The van der Waals surface area contributed by atoms with Gasteiger partial charge in [0.1, 0.15) is 10.6 Å². The lowest BCUT2D eigenvalue weighted by molar-refractivity contribution is -0.115. The van der Waals surface area contributed by atoms with Gasteiger partial charge >= 0.3 is 0 Å². The van der Waals surface area contributed by atoms with Crippen LogP contribution in [0, 0.1) is 11.3 Å². The van der Waals surface area contributed by atoms with Crippen LogP contribution in [0.4, 0.5) is 11.5 Å². The molecule has 0 saturated carbocycles. The molecule has 2 aromatic heterocycles. The minimum atomic E-state index is -0.405. The molecule has 6 nitrogen and oxygen atoms in total. The lowest BCUT2D eigenvalue weighted by atomic mass is 9.97. The predicted molar refractivity (Wildman–Crippen MR) is 114 cm³/mol. The molecule has 0 saturated heterocycles. The third kappa shape index (κ3) is 3.68. The largest absolute Gasteiger partial charge is 0.383 e. The Labute approximate surface area is 171 Å². The molecule has 0 radical (unpaired) electrons. The summed E-state index contributed by atoms with van der Waals surface area (Å²) in [5.41, 5.74) is 8.65. The third-order valence-electron chi connectivity index (χ3n) is 4.73. The van der Waals surface area contributed by atoms with Crippen molar-refractivity contribution in [2.75, 3.05) is 11.1 Å². The molecule has 142 valence electrons. The van der Waals surface area contributed by atoms with Crippen LogP contribution < -0.4 is 11.1 Å². The van der Waals surface area contributed by atoms with Gasteiger partial charge in [0.05, 0.1) is 22.3 Å². The second-order valence-corrected chi connectivity index (χ2v) is 9.12. The van der Waals surface area contributed by atoms with Gasteiger partial charge in [-0.05, 0) is 56.4 Å². The highest BCUT2D eigenvalue weighted by atomic mass is 32.2. The van der Waals surface area contributed by atoms with E-state index >= 15 is 0 Å². The summed E-state index contributed by atoms with van der Waals surface area (Å²) in [7, 11) is 0. The minimum Gasteiger partial charge on any atom is -0.383 e. The number of thioether (sulfide) groups is 1. The molecule has 0 bridgehead atoms. The number of anilines is 2. The van der Waals surface area contributed by atoms with E-state index in [2.05, 4.69) is 21.4 Å². The van der Waals surface area contributed by atoms with Gasteiger partial charge in [-0.3, -0.25) is 4.79 Å². The Balaban J connectivity index is 1.52. The molecule has 1 unspecified atom stereocenters. The van der Waals surface area contributed by atoms with Crippen molar-refractivity contribution in [1.29, 1.82) is 5.26 Å². The second kappa shape index (κ2) is 7.78. The van der Waals surface area contributed by atoms with Crippen LogP contribution in [-0.4, -0.2) is 21.1 Å². The van der Waals surface area contributed by atoms with Crippen LogP contribution in [0.5, 0.6) is 0 Å². The van der Waals surface area contributed by atoms with Crippen molar-refractivity contribution in [3.05, 3.63) is 40.3 Å². The van der Waals surface area contributed by atoms with E-state index in [-0.39, 0.29) is 5.91 Å². The van der Waals surface area contributed by atoms with Crippen LogP contribution in [0.25, 0.3) is 10.2 Å². The Kier molecular flexibility index (Phi) is 5.20. The summed E-state index contributed by atoms with van der Waals surface area (Å²) >= 11 is 2.98. The van der Waals surface area contributed by atoms with Crippen molar-refractivity contribution in [3.8, 4) is 6.07 Å². The molecule has 3 N–H and O–H groups in total. The maximum Gasteiger partial charge on any atom is 0.237 e. The van der Waals surface area contributed by atoms with Gasteiger partial charge in [0, 0.05) is 10.6 Å². The molecule has 28 heavy (non-hydrogen) atoms. The van der Waals surface area contributed by atoms with Crippen molar-refractivity contribution < 1.29 is 4.79 Å². The molecular weight excluding hydrogens is 390 g/mol. The number of aryl methyl sites for hydroxylation is 2. The lowest BCUT2D eigenvalue weighted by Gasteiger charge is -2.12. The number of benzene rings is 1. The van der Waals surface area contributed by atoms with Crippen molar-refractivity contribution in [1.82, 2.24) is 9.97 Å². The lowest BCUT2D eigenvalue weighted by Crippen LogP contribution is -2.22. The summed E-state index contributed by atoms with van der Waals surface area (Å²) in [5.74, 6) is 0.328. The Hall–Kier alpha value is -2.63. The van der Waals surface area contributed by atoms with Gasteiger partial charge in [-0.25, -0.2) is 9.97 Å². The Morgan fingerprint density at radius 3 is 3.00 bits per heavy atom. The number of aromatic nitrogens is 2. The van der Waals surface area contributed by atoms with E-state index in [4.69, 9.17) is 11.0 Å². The highest BCUT2D eigenvalue weighted by molar-refractivity contribution is 8.00. The molecule has 4 rings (SSSR count). The molecule has 1 atom stereocenters. The van der Waals surface area contributed by atoms with Crippen molar-refractivity contribution in [2.45, 2.75) is 43.0 Å². The number of hydrogen-bond acceptors (Lipinski definition) is 7. The van der Waals surface area contributed by atoms with E-state index in [0.717, 1.165) is 23.1 Å². The minimum absolute atomic E-state index is 0.173. The van der Waals surface area contributed by atoms with Crippen LogP contribution in [0.2, 0.25) is 0 Å². The molecular formula is C20H19N5OS2. The number of carbonyl (C=O) groups is 1. The van der Waals surface area contributed by atoms with Gasteiger partial charge < -0.3 is 11.1 Å². The number of carbonyl (C=O) groups excluding carboxylic acids is 1. The molecule has 1 aromatic carbocycles. The fraction of sp³-hybridized carbons (Fsp3) is 0.300. The van der Waals surface area contributed by atoms with E-state index in [1.165, 1.54) is 35.0 Å². The summed E-state index contributed by atoms with van der Waals surface area (Å²) in [5, 5.41) is 12.9. The highest BCUT2D eigenvalue weighted by Crippen LogP contribution is 2.38. The second-order valence-electron chi connectivity index (χ2n) is 6.72. The number of thiophene rings is 1. The summed E-state index contributed by atoms with van der Waals surface area (Å²) < 4.78 is 0. The number of nitrogen functional groups attached to an aromatic ring is 1. The first-order valence-electron chi connectivity index (χ1n) is 9.10. The monoisotopic (exact) mass is 409 g/mol. The zero-order chi connectivity index (χ0) is 19.7. The molecule has 8 heteroatoms. The summed E-state index contributed by atoms with van der Waals surface area (Å²) in [4.78, 5) is 23.9. The molecule has 1 aliphatic carbocycles. The first-order valence-corrected chi connectivity index (χ1v) is 10.8. The number of hydrogen-bond donors (Lipinski definition) is 2. The summed E-state index contributed by atoms with van der Waals surface area (Å²) in [6.45, 7) is 1.80. The van der Waals surface area contributed by atoms with Crippen LogP contribution in [0.15, 0.2) is 29.4 Å². The molecule has 2 heterocycles. The zero-order valence-electron chi connectivity index (χ0n) is 15.4. The van der Waals surface area contributed by atoms with Gasteiger partial charge in [-0.1, -0.05) is 17.8 Å². The van der Waals surface area contributed by atoms with Gasteiger partial charge in [0.2, 0.25) is 5.91 Å². The van der Waals surface area contributed by atoms with Crippen molar-refractivity contribution in [2.24, 2.45) is 0 Å². The summed E-state index contributed by atoms with van der Waals surface area (Å²) in [6.07, 6.45) is 4.51. The average molecular weight is 410 g/mol. The van der Waals surface area contributed by atoms with E-state index in [0.29, 0.717) is 22.2 Å². The third-order valence-corrected chi connectivity index (χ3v) is 6.88. The molecule has 0 spiro atoms. The molecule has 0 fully saturated rings. The normalized spacial score (nSPS) is 14.3. The van der Waals surface area contributed by atoms with E-state index in [1.54, 1.807) is 42.5 Å². The van der Waals surface area contributed by atoms with Crippen molar-refractivity contribution >= 4 is 50.7 Å². The van der Waals surface area contributed by atoms with E-state index in [1.807, 2.05) is 0 Å². The number of nitrogens with one attached hydrogen (secondary N) is 1. The smallest absolute Gasteiger partial charge is 0.237 e. The molecule has 0 aliphatic heterocycles. The van der Waals surface area contributed by atoms with Crippen LogP contribution >= 0.6 is 23.1 Å². The zero-order valence-corrected chi connectivity index (χ0v) is 17.0.